The van der Waals surface area contributed by atoms with Crippen molar-refractivity contribution in [2.75, 3.05) is 19.6 Å². The molecular weight excluding hydrogens is 310 g/mol. The first-order chi connectivity index (χ1) is 10.8. The van der Waals surface area contributed by atoms with E-state index in [4.69, 9.17) is 17.2 Å². The summed E-state index contributed by atoms with van der Waals surface area (Å²) in [7, 11) is 0. The Morgan fingerprint density at radius 2 is 2.32 bits per heavy atom. The number of nitrogens with zero attached hydrogens (tertiary/aromatic N) is 2. The van der Waals surface area contributed by atoms with E-state index in [1.54, 1.807) is 0 Å². The Hall–Kier alpha value is -1.20. The lowest BCUT2D eigenvalue weighted by molar-refractivity contribution is 0.305. The molecule has 0 unspecified atom stereocenters. The second-order valence-corrected chi connectivity index (χ2v) is 7.34. The van der Waals surface area contributed by atoms with Crippen LogP contribution in [-0.4, -0.2) is 34.6 Å². The van der Waals surface area contributed by atoms with E-state index in [2.05, 4.69) is 41.4 Å². The van der Waals surface area contributed by atoms with Gasteiger partial charge in [-0.25, -0.2) is 4.98 Å². The largest absolute Gasteiger partial charge is 0.363 e. The number of rotatable bonds is 4. The van der Waals surface area contributed by atoms with Gasteiger partial charge in [0.1, 0.15) is 0 Å². The van der Waals surface area contributed by atoms with E-state index < -0.39 is 0 Å². The Labute approximate surface area is 141 Å². The molecular formula is C17H23N3S2. The van der Waals surface area contributed by atoms with Gasteiger partial charge in [0.05, 0.1) is 15.2 Å². The van der Waals surface area contributed by atoms with Crippen LogP contribution in [0.4, 0.5) is 0 Å². The van der Waals surface area contributed by atoms with Crippen LogP contribution in [0.3, 0.4) is 0 Å². The predicted molar refractivity (Wildman–Crippen MR) is 98.7 cm³/mol. The molecule has 1 aliphatic rings. The van der Waals surface area contributed by atoms with Gasteiger partial charge in [-0.1, -0.05) is 25.5 Å². The summed E-state index contributed by atoms with van der Waals surface area (Å²) < 4.78 is 1.29. The van der Waals surface area contributed by atoms with E-state index in [-0.39, 0.29) is 0 Å². The summed E-state index contributed by atoms with van der Waals surface area (Å²) >= 11 is 7.39. The summed E-state index contributed by atoms with van der Waals surface area (Å²) in [5, 5.41) is 5.57. The highest BCUT2D eigenvalue weighted by molar-refractivity contribution is 7.80. The van der Waals surface area contributed by atoms with Crippen LogP contribution in [0.5, 0.6) is 0 Å². The van der Waals surface area contributed by atoms with Crippen LogP contribution in [0, 0.1) is 0 Å². The lowest BCUT2D eigenvalue weighted by atomic mass is 9.99. The van der Waals surface area contributed by atoms with Crippen molar-refractivity contribution < 1.29 is 0 Å². The van der Waals surface area contributed by atoms with Crippen LogP contribution in [0.15, 0.2) is 24.3 Å². The monoisotopic (exact) mass is 333 g/mol. The quantitative estimate of drug-likeness (QED) is 0.672. The van der Waals surface area contributed by atoms with Crippen molar-refractivity contribution in [3.8, 4) is 0 Å². The molecule has 118 valence electrons. The fourth-order valence-electron chi connectivity index (χ4n) is 2.91. The first-order valence-corrected chi connectivity index (χ1v) is 9.38. The van der Waals surface area contributed by atoms with Crippen molar-refractivity contribution >= 4 is 38.9 Å². The maximum Gasteiger partial charge on any atom is 0.168 e. The second-order valence-electron chi connectivity index (χ2n) is 5.89. The summed E-state index contributed by atoms with van der Waals surface area (Å²) in [4.78, 5) is 7.16. The molecule has 0 bridgehead atoms. The number of thiocarbonyl (C=S) groups is 1. The normalized spacial score (nSPS) is 18.6. The van der Waals surface area contributed by atoms with Gasteiger partial charge < -0.3 is 10.2 Å². The highest BCUT2D eigenvalue weighted by atomic mass is 32.1. The molecule has 0 radical (unpaired) electrons. The van der Waals surface area contributed by atoms with Gasteiger partial charge in [0, 0.05) is 25.6 Å². The summed E-state index contributed by atoms with van der Waals surface area (Å²) in [5.74, 6) is 0.511. The van der Waals surface area contributed by atoms with Gasteiger partial charge in [-0.3, -0.25) is 0 Å². The van der Waals surface area contributed by atoms with Gasteiger partial charge in [-0.2, -0.15) is 0 Å². The number of likely N-dealkylation sites (tertiary alicyclic amines) is 1. The number of unbranched alkanes of at least 4 members (excludes halogenated alkanes) is 1. The zero-order chi connectivity index (χ0) is 15.4. The number of benzene rings is 1. The first-order valence-electron chi connectivity index (χ1n) is 8.16. The third-order valence-corrected chi connectivity index (χ3v) is 5.78. The van der Waals surface area contributed by atoms with Crippen LogP contribution >= 0.6 is 23.6 Å². The lowest BCUT2D eigenvalue weighted by Gasteiger charge is -2.33. The van der Waals surface area contributed by atoms with E-state index >= 15 is 0 Å². The molecule has 0 saturated carbocycles. The Morgan fingerprint density at radius 3 is 3.14 bits per heavy atom. The summed E-state index contributed by atoms with van der Waals surface area (Å²) in [6.45, 7) is 5.25. The van der Waals surface area contributed by atoms with Gasteiger partial charge in [0.25, 0.3) is 0 Å². The zero-order valence-electron chi connectivity index (χ0n) is 13.0. The van der Waals surface area contributed by atoms with Gasteiger partial charge in [0.15, 0.2) is 5.11 Å². The zero-order valence-corrected chi connectivity index (χ0v) is 14.7. The third-order valence-electron chi connectivity index (χ3n) is 4.17. The van der Waals surface area contributed by atoms with Gasteiger partial charge in [-0.05, 0) is 43.6 Å². The molecule has 0 amide bonds. The number of hydrogen-bond donors (Lipinski definition) is 1. The smallest absolute Gasteiger partial charge is 0.168 e. The Balaban J connectivity index is 1.66. The van der Waals surface area contributed by atoms with E-state index in [0.29, 0.717) is 5.92 Å². The number of hydrogen-bond acceptors (Lipinski definition) is 3. The van der Waals surface area contributed by atoms with E-state index in [1.165, 1.54) is 35.4 Å². The fraction of sp³-hybridized carbons (Fsp3) is 0.529. The number of para-hydroxylation sites is 1. The molecule has 5 heteroatoms. The molecule has 1 atom stereocenters. The second kappa shape index (κ2) is 7.38. The molecule has 1 aromatic carbocycles. The minimum absolute atomic E-state index is 0.511. The molecule has 0 spiro atoms. The van der Waals surface area contributed by atoms with Crippen LogP contribution in [0.1, 0.15) is 43.5 Å². The molecule has 1 aliphatic heterocycles. The van der Waals surface area contributed by atoms with Gasteiger partial charge >= 0.3 is 0 Å². The van der Waals surface area contributed by atoms with E-state index in [9.17, 15) is 0 Å². The first kappa shape index (κ1) is 15.7. The number of fused-ring (bicyclic) bond motifs is 1. The third kappa shape index (κ3) is 3.58. The molecule has 1 aromatic heterocycles. The molecule has 1 N–H and O–H groups in total. The minimum Gasteiger partial charge on any atom is -0.363 e. The Bertz CT molecular complexity index is 605. The van der Waals surface area contributed by atoms with Crippen molar-refractivity contribution in [2.45, 2.75) is 38.5 Å². The maximum atomic E-state index is 5.55. The highest BCUT2D eigenvalue weighted by Crippen LogP contribution is 2.32. The average Bonchev–Trinajstić information content (AvgIpc) is 2.99. The van der Waals surface area contributed by atoms with Crippen molar-refractivity contribution in [3.63, 3.8) is 0 Å². The van der Waals surface area contributed by atoms with Crippen molar-refractivity contribution in [2.24, 2.45) is 0 Å². The van der Waals surface area contributed by atoms with Gasteiger partial charge in [-0.15, -0.1) is 11.3 Å². The molecule has 0 aliphatic carbocycles. The summed E-state index contributed by atoms with van der Waals surface area (Å²) in [6.07, 6.45) is 4.78. The number of nitrogens with one attached hydrogen (secondary N) is 1. The maximum absolute atomic E-state index is 5.55. The van der Waals surface area contributed by atoms with Crippen LogP contribution < -0.4 is 5.32 Å². The van der Waals surface area contributed by atoms with Crippen LogP contribution in [0.25, 0.3) is 10.2 Å². The molecule has 1 saturated heterocycles. The van der Waals surface area contributed by atoms with Crippen molar-refractivity contribution in [1.29, 1.82) is 0 Å². The van der Waals surface area contributed by atoms with Crippen LogP contribution in [0.2, 0.25) is 0 Å². The Morgan fingerprint density at radius 1 is 1.45 bits per heavy atom. The topological polar surface area (TPSA) is 28.2 Å². The SMILES string of the molecule is CCCCNC(=S)N1CCC[C@@H](c2nc3ccccc3s2)C1. The number of aromatic nitrogens is 1. The van der Waals surface area contributed by atoms with E-state index in [0.717, 1.165) is 30.3 Å². The fourth-order valence-corrected chi connectivity index (χ4v) is 4.27. The predicted octanol–water partition coefficient (Wildman–Crippen LogP) is 4.15. The molecule has 2 heterocycles. The molecule has 3 nitrogen and oxygen atoms in total. The molecule has 3 rings (SSSR count). The molecule has 1 fully saturated rings. The lowest BCUT2D eigenvalue weighted by Crippen LogP contribution is -2.45. The minimum atomic E-state index is 0.511. The summed E-state index contributed by atoms with van der Waals surface area (Å²) in [6, 6.07) is 8.41. The molecule has 2 aromatic rings. The Kier molecular flexibility index (Phi) is 5.26. The number of thiazole rings is 1. The van der Waals surface area contributed by atoms with Crippen LogP contribution in [-0.2, 0) is 0 Å². The van der Waals surface area contributed by atoms with Crippen molar-refractivity contribution in [3.05, 3.63) is 29.3 Å². The average molecular weight is 334 g/mol. The van der Waals surface area contributed by atoms with Gasteiger partial charge in [0.2, 0.25) is 0 Å². The van der Waals surface area contributed by atoms with E-state index in [1.807, 2.05) is 11.3 Å². The standard InChI is InChI=1S/C17H23N3S2/c1-2-3-10-18-17(21)20-11-6-7-13(12-20)16-19-14-8-4-5-9-15(14)22-16/h4-5,8-9,13H,2-3,6-7,10-12H2,1H3,(H,18,21)/t13-/m1/s1. The van der Waals surface area contributed by atoms with Crippen molar-refractivity contribution in [1.82, 2.24) is 15.2 Å². The highest BCUT2D eigenvalue weighted by Gasteiger charge is 2.25. The number of piperidine rings is 1. The summed E-state index contributed by atoms with van der Waals surface area (Å²) in [5.41, 5.74) is 1.13. The molecule has 22 heavy (non-hydrogen) atoms.